The van der Waals surface area contributed by atoms with Gasteiger partial charge in [0, 0.05) is 44.1 Å². The summed E-state index contributed by atoms with van der Waals surface area (Å²) in [6.07, 6.45) is 0. The molecule has 1 unspecified atom stereocenters. The van der Waals surface area contributed by atoms with E-state index in [2.05, 4.69) is 51.6 Å². The van der Waals surface area contributed by atoms with Crippen LogP contribution in [-0.2, 0) is 9.53 Å². The van der Waals surface area contributed by atoms with Crippen LogP contribution in [0.2, 0.25) is 0 Å². The van der Waals surface area contributed by atoms with Crippen LogP contribution in [0, 0.1) is 6.92 Å². The smallest absolute Gasteiger partial charge is 0.338 e. The Hall–Kier alpha value is -3.52. The zero-order valence-corrected chi connectivity index (χ0v) is 19.3. The third-order valence-electron chi connectivity index (χ3n) is 6.11. The molecule has 0 aliphatic carbocycles. The van der Waals surface area contributed by atoms with Gasteiger partial charge < -0.3 is 25.0 Å². The average molecular weight is 451 g/mol. The number of hydrogen-bond acceptors (Lipinski definition) is 6. The number of methoxy groups -OCH3 is 2. The second-order valence-corrected chi connectivity index (χ2v) is 8.29. The molecule has 1 fully saturated rings. The Morgan fingerprint density at radius 2 is 1.82 bits per heavy atom. The van der Waals surface area contributed by atoms with E-state index in [1.807, 2.05) is 24.3 Å². The fourth-order valence-electron chi connectivity index (χ4n) is 4.38. The van der Waals surface area contributed by atoms with Gasteiger partial charge in [0.05, 0.1) is 25.8 Å². The largest absolute Gasteiger partial charge is 0.497 e. The summed E-state index contributed by atoms with van der Waals surface area (Å²) in [5, 5.41) is 5.71. The molecular formula is C25H30N4O4. The first-order valence-electron chi connectivity index (χ1n) is 11.1. The Kier molecular flexibility index (Phi) is 6.84. The predicted molar refractivity (Wildman–Crippen MR) is 126 cm³/mol. The summed E-state index contributed by atoms with van der Waals surface area (Å²) in [5.74, 6) is 0.182. The topological polar surface area (TPSA) is 83.1 Å². The highest BCUT2D eigenvalue weighted by Gasteiger charge is 2.34. The highest BCUT2D eigenvalue weighted by atomic mass is 16.5. The summed E-state index contributed by atoms with van der Waals surface area (Å²) in [7, 11) is 2.94. The molecule has 2 aromatic carbocycles. The van der Waals surface area contributed by atoms with Gasteiger partial charge >= 0.3 is 12.0 Å². The van der Waals surface area contributed by atoms with Crippen molar-refractivity contribution in [2.45, 2.75) is 13.0 Å². The van der Waals surface area contributed by atoms with Crippen LogP contribution < -0.4 is 20.3 Å². The van der Waals surface area contributed by atoms with Crippen LogP contribution in [0.5, 0.6) is 5.75 Å². The van der Waals surface area contributed by atoms with Crippen LogP contribution in [0.3, 0.4) is 0 Å². The van der Waals surface area contributed by atoms with Gasteiger partial charge in [-0.05, 0) is 42.3 Å². The van der Waals surface area contributed by atoms with Crippen LogP contribution in [0.15, 0.2) is 59.8 Å². The van der Waals surface area contributed by atoms with E-state index in [0.717, 1.165) is 31.7 Å². The minimum atomic E-state index is -0.620. The zero-order valence-electron chi connectivity index (χ0n) is 19.3. The summed E-state index contributed by atoms with van der Waals surface area (Å²) >= 11 is 0. The second kappa shape index (κ2) is 9.95. The molecule has 0 spiro atoms. The van der Waals surface area contributed by atoms with Gasteiger partial charge in [-0.3, -0.25) is 4.90 Å². The maximum absolute atomic E-state index is 12.8. The number of carbonyl (C=O) groups excluding carboxylic acids is 2. The van der Waals surface area contributed by atoms with E-state index < -0.39 is 12.0 Å². The van der Waals surface area contributed by atoms with Crippen molar-refractivity contribution in [1.29, 1.82) is 0 Å². The number of benzene rings is 2. The Morgan fingerprint density at radius 3 is 2.52 bits per heavy atom. The van der Waals surface area contributed by atoms with Gasteiger partial charge in [-0.1, -0.05) is 24.3 Å². The number of nitrogens with zero attached hydrogens (tertiary/aromatic N) is 2. The first-order chi connectivity index (χ1) is 16.0. The SMILES string of the molecule is COC(=O)C1=C(CN2CCN(c3cccc(C)c3)CC2)NC(=O)NC1c1cccc(OC)c1. The third-order valence-corrected chi connectivity index (χ3v) is 6.11. The molecule has 4 rings (SSSR count). The van der Waals surface area contributed by atoms with Crippen molar-refractivity contribution in [3.63, 3.8) is 0 Å². The Labute approximate surface area is 194 Å². The molecule has 0 radical (unpaired) electrons. The van der Waals surface area contributed by atoms with E-state index >= 15 is 0 Å². The number of nitrogens with one attached hydrogen (secondary N) is 2. The number of carbonyl (C=O) groups is 2. The molecule has 8 heteroatoms. The van der Waals surface area contributed by atoms with Crippen LogP contribution in [0.25, 0.3) is 0 Å². The molecule has 2 aliphatic rings. The monoisotopic (exact) mass is 450 g/mol. The molecule has 2 aromatic rings. The number of urea groups is 1. The van der Waals surface area contributed by atoms with Crippen molar-refractivity contribution in [3.05, 3.63) is 70.9 Å². The minimum absolute atomic E-state index is 0.344. The number of rotatable bonds is 6. The predicted octanol–water partition coefficient (Wildman–Crippen LogP) is 2.61. The number of amides is 2. The van der Waals surface area contributed by atoms with Gasteiger partial charge in [0.15, 0.2) is 0 Å². The van der Waals surface area contributed by atoms with Crippen molar-refractivity contribution in [1.82, 2.24) is 15.5 Å². The lowest BCUT2D eigenvalue weighted by Gasteiger charge is -2.38. The molecule has 0 aromatic heterocycles. The van der Waals surface area contributed by atoms with Crippen LogP contribution in [0.4, 0.5) is 10.5 Å². The highest BCUT2D eigenvalue weighted by Crippen LogP contribution is 2.30. The summed E-state index contributed by atoms with van der Waals surface area (Å²) in [5.41, 5.74) is 4.20. The lowest BCUT2D eigenvalue weighted by atomic mass is 9.94. The lowest BCUT2D eigenvalue weighted by Crippen LogP contribution is -2.51. The fraction of sp³-hybridized carbons (Fsp3) is 0.360. The number of aryl methyl sites for hydroxylation is 1. The molecule has 2 aliphatic heterocycles. The van der Waals surface area contributed by atoms with Crippen LogP contribution in [-0.4, -0.2) is 63.8 Å². The molecule has 1 atom stereocenters. The Bertz CT molecular complexity index is 1060. The number of esters is 1. The number of ether oxygens (including phenoxy) is 2. The Balaban J connectivity index is 1.55. The first kappa shape index (κ1) is 22.7. The van der Waals surface area contributed by atoms with Gasteiger partial charge in [-0.25, -0.2) is 9.59 Å². The van der Waals surface area contributed by atoms with E-state index in [9.17, 15) is 9.59 Å². The van der Waals surface area contributed by atoms with Gasteiger partial charge in [-0.15, -0.1) is 0 Å². The second-order valence-electron chi connectivity index (χ2n) is 8.29. The van der Waals surface area contributed by atoms with Gasteiger partial charge in [0.2, 0.25) is 0 Å². The van der Waals surface area contributed by atoms with Gasteiger partial charge in [0.25, 0.3) is 0 Å². The van der Waals surface area contributed by atoms with E-state index in [1.54, 1.807) is 7.11 Å². The van der Waals surface area contributed by atoms with E-state index in [-0.39, 0.29) is 6.03 Å². The normalized spacial score (nSPS) is 19.1. The third kappa shape index (κ3) is 5.12. The summed E-state index contributed by atoms with van der Waals surface area (Å²) in [6, 6.07) is 14.9. The van der Waals surface area contributed by atoms with Gasteiger partial charge in [-0.2, -0.15) is 0 Å². The molecule has 2 heterocycles. The minimum Gasteiger partial charge on any atom is -0.497 e. The number of hydrogen-bond donors (Lipinski definition) is 2. The molecule has 2 amide bonds. The molecule has 0 saturated carbocycles. The highest BCUT2D eigenvalue weighted by molar-refractivity contribution is 5.95. The maximum Gasteiger partial charge on any atom is 0.338 e. The summed E-state index contributed by atoms with van der Waals surface area (Å²) in [6.45, 7) is 5.93. The Morgan fingerprint density at radius 1 is 1.06 bits per heavy atom. The van der Waals surface area contributed by atoms with E-state index in [0.29, 0.717) is 23.6 Å². The fourth-order valence-corrected chi connectivity index (χ4v) is 4.38. The molecule has 8 nitrogen and oxygen atoms in total. The molecule has 1 saturated heterocycles. The number of piperazine rings is 1. The average Bonchev–Trinajstić information content (AvgIpc) is 2.83. The van der Waals surface area contributed by atoms with Crippen molar-refractivity contribution in [2.75, 3.05) is 51.8 Å². The summed E-state index contributed by atoms with van der Waals surface area (Å²) < 4.78 is 10.4. The van der Waals surface area contributed by atoms with E-state index in [1.165, 1.54) is 18.4 Å². The summed E-state index contributed by atoms with van der Waals surface area (Å²) in [4.78, 5) is 29.9. The van der Waals surface area contributed by atoms with Crippen molar-refractivity contribution in [2.24, 2.45) is 0 Å². The maximum atomic E-state index is 12.8. The quantitative estimate of drug-likeness (QED) is 0.659. The molecule has 174 valence electrons. The molecular weight excluding hydrogens is 420 g/mol. The van der Waals surface area contributed by atoms with Crippen molar-refractivity contribution < 1.29 is 19.1 Å². The van der Waals surface area contributed by atoms with Crippen molar-refractivity contribution in [3.8, 4) is 5.75 Å². The molecule has 0 bridgehead atoms. The standard InChI is InChI=1S/C25H30N4O4/c1-17-6-4-8-19(14-17)29-12-10-28(11-13-29)16-21-22(24(30)33-3)23(27-25(31)26-21)18-7-5-9-20(15-18)32-2/h4-9,14-15,23H,10-13,16H2,1-3H3,(H2,26,27,31). The first-order valence-corrected chi connectivity index (χ1v) is 11.1. The van der Waals surface area contributed by atoms with Gasteiger partial charge in [0.1, 0.15) is 5.75 Å². The lowest BCUT2D eigenvalue weighted by molar-refractivity contribution is -0.136. The number of anilines is 1. The zero-order chi connectivity index (χ0) is 23.4. The molecule has 2 N–H and O–H groups in total. The van der Waals surface area contributed by atoms with Crippen molar-refractivity contribution >= 4 is 17.7 Å². The van der Waals surface area contributed by atoms with Crippen LogP contribution in [0.1, 0.15) is 17.2 Å². The molecule has 33 heavy (non-hydrogen) atoms. The van der Waals surface area contributed by atoms with Crippen LogP contribution >= 0.6 is 0 Å². The van der Waals surface area contributed by atoms with E-state index in [4.69, 9.17) is 9.47 Å².